The van der Waals surface area contributed by atoms with Crippen molar-refractivity contribution in [2.75, 3.05) is 11.1 Å². The minimum Gasteiger partial charge on any atom is -0.365 e. The van der Waals surface area contributed by atoms with Crippen molar-refractivity contribution < 1.29 is 0 Å². The van der Waals surface area contributed by atoms with Gasteiger partial charge < -0.3 is 5.32 Å². The van der Waals surface area contributed by atoms with E-state index in [1.54, 1.807) is 0 Å². The molecule has 0 spiro atoms. The molecule has 0 aliphatic heterocycles. The Balaban J connectivity index is 1.75. The largest absolute Gasteiger partial charge is 0.365 e. The number of fused-ring (bicyclic) bond motifs is 1. The monoisotopic (exact) mass is 273 g/mol. The molecule has 0 saturated heterocycles. The molecule has 100 valence electrons. The Hall–Kier alpha value is -1.29. The van der Waals surface area contributed by atoms with Gasteiger partial charge in [0, 0.05) is 22.1 Å². The number of benzene rings is 1. The highest BCUT2D eigenvalue weighted by atomic mass is 32.2. The highest BCUT2D eigenvalue weighted by molar-refractivity contribution is 7.99. The minimum atomic E-state index is 0.546. The van der Waals surface area contributed by atoms with E-state index >= 15 is 0 Å². The van der Waals surface area contributed by atoms with Gasteiger partial charge in [0.1, 0.15) is 0 Å². The average Bonchev–Trinajstić information content (AvgIpc) is 2.87. The standard InChI is InChI=1S/C15H19N3S/c1-2-19-13-8-7-12(9-13)17-15-14-6-4-3-5-11(14)10-16-18-15/h3-6,10,12-13H,2,7-9H2,1H3,(H,17,18). The van der Waals surface area contributed by atoms with Gasteiger partial charge in [0.15, 0.2) is 5.82 Å². The molecule has 0 bridgehead atoms. The van der Waals surface area contributed by atoms with E-state index in [1.165, 1.54) is 30.4 Å². The van der Waals surface area contributed by atoms with E-state index in [9.17, 15) is 0 Å². The molecule has 1 N–H and O–H groups in total. The summed E-state index contributed by atoms with van der Waals surface area (Å²) in [5.74, 6) is 2.15. The lowest BCUT2D eigenvalue weighted by Crippen LogP contribution is -2.17. The Labute approximate surface area is 118 Å². The van der Waals surface area contributed by atoms with Crippen LogP contribution in [0.5, 0.6) is 0 Å². The smallest absolute Gasteiger partial charge is 0.156 e. The highest BCUT2D eigenvalue weighted by Gasteiger charge is 2.25. The molecule has 1 aromatic carbocycles. The number of hydrogen-bond acceptors (Lipinski definition) is 4. The molecule has 2 atom stereocenters. The third kappa shape index (κ3) is 2.84. The van der Waals surface area contributed by atoms with E-state index in [-0.39, 0.29) is 0 Å². The van der Waals surface area contributed by atoms with E-state index < -0.39 is 0 Å². The van der Waals surface area contributed by atoms with E-state index in [0.29, 0.717) is 6.04 Å². The topological polar surface area (TPSA) is 37.8 Å². The molecule has 1 saturated carbocycles. The van der Waals surface area contributed by atoms with Crippen molar-refractivity contribution in [3.8, 4) is 0 Å². The highest BCUT2D eigenvalue weighted by Crippen LogP contribution is 2.32. The normalized spacial score (nSPS) is 22.8. The summed E-state index contributed by atoms with van der Waals surface area (Å²) in [6.45, 7) is 2.24. The average molecular weight is 273 g/mol. The van der Waals surface area contributed by atoms with Gasteiger partial charge in [0.2, 0.25) is 0 Å². The molecule has 0 radical (unpaired) electrons. The molecule has 2 aromatic rings. The predicted octanol–water partition coefficient (Wildman–Crippen LogP) is 3.72. The number of nitrogens with zero attached hydrogens (tertiary/aromatic N) is 2. The van der Waals surface area contributed by atoms with Crippen LogP contribution in [0.25, 0.3) is 10.8 Å². The zero-order valence-corrected chi connectivity index (χ0v) is 12.0. The van der Waals surface area contributed by atoms with Crippen LogP contribution in [0, 0.1) is 0 Å². The second kappa shape index (κ2) is 5.78. The summed E-state index contributed by atoms with van der Waals surface area (Å²) < 4.78 is 0. The Kier molecular flexibility index (Phi) is 3.87. The van der Waals surface area contributed by atoms with Crippen LogP contribution in [0.2, 0.25) is 0 Å². The fourth-order valence-corrected chi connectivity index (χ4v) is 3.93. The van der Waals surface area contributed by atoms with Crippen LogP contribution in [-0.4, -0.2) is 27.2 Å². The first-order valence-electron chi connectivity index (χ1n) is 6.95. The third-order valence-corrected chi connectivity index (χ3v) is 4.93. The van der Waals surface area contributed by atoms with Gasteiger partial charge in [-0.3, -0.25) is 0 Å². The van der Waals surface area contributed by atoms with Crippen molar-refractivity contribution in [2.24, 2.45) is 0 Å². The van der Waals surface area contributed by atoms with Crippen molar-refractivity contribution >= 4 is 28.4 Å². The maximum atomic E-state index is 4.27. The van der Waals surface area contributed by atoms with Crippen LogP contribution in [0.4, 0.5) is 5.82 Å². The SMILES string of the molecule is CCSC1CCC(Nc2nncc3ccccc23)C1. The summed E-state index contributed by atoms with van der Waals surface area (Å²) in [4.78, 5) is 0. The fraction of sp³-hybridized carbons (Fsp3) is 0.467. The van der Waals surface area contributed by atoms with E-state index in [1.807, 2.05) is 12.3 Å². The maximum absolute atomic E-state index is 4.27. The summed E-state index contributed by atoms with van der Waals surface area (Å²) >= 11 is 2.08. The minimum absolute atomic E-state index is 0.546. The number of rotatable bonds is 4. The van der Waals surface area contributed by atoms with Gasteiger partial charge in [-0.2, -0.15) is 16.9 Å². The number of hydrogen-bond donors (Lipinski definition) is 1. The van der Waals surface area contributed by atoms with E-state index in [4.69, 9.17) is 0 Å². The van der Waals surface area contributed by atoms with Gasteiger partial charge in [-0.1, -0.05) is 31.2 Å². The van der Waals surface area contributed by atoms with Crippen LogP contribution >= 0.6 is 11.8 Å². The number of thioether (sulfide) groups is 1. The summed E-state index contributed by atoms with van der Waals surface area (Å²) in [7, 11) is 0. The molecule has 3 nitrogen and oxygen atoms in total. The van der Waals surface area contributed by atoms with E-state index in [2.05, 4.69) is 52.4 Å². The molecule has 1 aliphatic carbocycles. The van der Waals surface area contributed by atoms with Gasteiger partial charge in [0.05, 0.1) is 6.20 Å². The van der Waals surface area contributed by atoms with Crippen LogP contribution in [0.3, 0.4) is 0 Å². The van der Waals surface area contributed by atoms with Crippen LogP contribution in [-0.2, 0) is 0 Å². The first-order valence-corrected chi connectivity index (χ1v) is 8.00. The van der Waals surface area contributed by atoms with Gasteiger partial charge in [-0.05, 0) is 25.0 Å². The van der Waals surface area contributed by atoms with Crippen molar-refractivity contribution in [1.29, 1.82) is 0 Å². The van der Waals surface area contributed by atoms with E-state index in [0.717, 1.165) is 16.5 Å². The molecule has 3 rings (SSSR count). The number of anilines is 1. The first kappa shape index (κ1) is 12.7. The molecular formula is C15H19N3S. The molecule has 0 amide bonds. The van der Waals surface area contributed by atoms with Gasteiger partial charge in [0.25, 0.3) is 0 Å². The van der Waals surface area contributed by atoms with Gasteiger partial charge in [-0.25, -0.2) is 0 Å². The zero-order chi connectivity index (χ0) is 13.1. The van der Waals surface area contributed by atoms with Crippen molar-refractivity contribution in [3.05, 3.63) is 30.5 Å². The summed E-state index contributed by atoms with van der Waals surface area (Å²) in [5, 5.41) is 15.1. The quantitative estimate of drug-likeness (QED) is 0.921. The van der Waals surface area contributed by atoms with Crippen molar-refractivity contribution in [3.63, 3.8) is 0 Å². The third-order valence-electron chi connectivity index (χ3n) is 3.70. The summed E-state index contributed by atoms with van der Waals surface area (Å²) in [6.07, 6.45) is 5.62. The summed E-state index contributed by atoms with van der Waals surface area (Å²) in [6, 6.07) is 8.83. The fourth-order valence-electron chi connectivity index (χ4n) is 2.79. The molecule has 1 heterocycles. The number of nitrogens with one attached hydrogen (secondary N) is 1. The van der Waals surface area contributed by atoms with Crippen molar-refractivity contribution in [1.82, 2.24) is 10.2 Å². The lowest BCUT2D eigenvalue weighted by atomic mass is 10.2. The predicted molar refractivity (Wildman–Crippen MR) is 82.7 cm³/mol. The van der Waals surface area contributed by atoms with Gasteiger partial charge >= 0.3 is 0 Å². The second-order valence-electron chi connectivity index (χ2n) is 5.01. The molecule has 1 aliphatic rings. The molecule has 2 unspecified atom stereocenters. The second-order valence-corrected chi connectivity index (χ2v) is 6.59. The van der Waals surface area contributed by atoms with Crippen molar-refractivity contribution in [2.45, 2.75) is 37.5 Å². The molecule has 4 heteroatoms. The Morgan fingerprint density at radius 3 is 3.11 bits per heavy atom. The zero-order valence-electron chi connectivity index (χ0n) is 11.2. The Morgan fingerprint density at radius 1 is 1.32 bits per heavy atom. The lowest BCUT2D eigenvalue weighted by molar-refractivity contribution is 0.749. The van der Waals surface area contributed by atoms with Crippen LogP contribution in [0.15, 0.2) is 30.5 Å². The van der Waals surface area contributed by atoms with Crippen LogP contribution < -0.4 is 5.32 Å². The maximum Gasteiger partial charge on any atom is 0.156 e. The van der Waals surface area contributed by atoms with Crippen LogP contribution in [0.1, 0.15) is 26.2 Å². The Bertz CT molecular complexity index is 553. The number of aromatic nitrogens is 2. The molecule has 1 fully saturated rings. The molecule has 19 heavy (non-hydrogen) atoms. The molecule has 1 aromatic heterocycles. The molecular weight excluding hydrogens is 254 g/mol. The first-order chi connectivity index (χ1) is 9.36. The lowest BCUT2D eigenvalue weighted by Gasteiger charge is -2.14. The summed E-state index contributed by atoms with van der Waals surface area (Å²) in [5.41, 5.74) is 0. The Morgan fingerprint density at radius 2 is 2.21 bits per heavy atom. The van der Waals surface area contributed by atoms with Gasteiger partial charge in [-0.15, -0.1) is 5.10 Å².